The molecular weight excluding hydrogens is 134 g/mol. The molecule has 1 nitrogen and oxygen atoms in total. The van der Waals surface area contributed by atoms with E-state index in [4.69, 9.17) is 5.26 Å². The maximum atomic E-state index is 9.04. The Balaban J connectivity index is 2.77. The van der Waals surface area contributed by atoms with Gasteiger partial charge in [0.15, 0.2) is 0 Å². The normalized spacial score (nSPS) is 36.5. The SMILES string of the molecule is CC[C@@H]1C[C@@]1(C#N)C(C)(C)C. The predicted molar refractivity (Wildman–Crippen MR) is 45.9 cm³/mol. The van der Waals surface area contributed by atoms with E-state index in [9.17, 15) is 0 Å². The molecular formula is C10H17N. The third kappa shape index (κ3) is 1.05. The van der Waals surface area contributed by atoms with Crippen LogP contribution < -0.4 is 0 Å². The van der Waals surface area contributed by atoms with Gasteiger partial charge in [0, 0.05) is 0 Å². The first kappa shape index (κ1) is 8.59. The second kappa shape index (κ2) is 2.24. The van der Waals surface area contributed by atoms with Gasteiger partial charge in [-0.25, -0.2) is 0 Å². The van der Waals surface area contributed by atoms with Gasteiger partial charge in [-0.2, -0.15) is 5.26 Å². The first-order valence-corrected chi connectivity index (χ1v) is 4.39. The van der Waals surface area contributed by atoms with Crippen molar-refractivity contribution in [2.75, 3.05) is 0 Å². The first-order valence-electron chi connectivity index (χ1n) is 4.39. The van der Waals surface area contributed by atoms with Crippen LogP contribution in [0.3, 0.4) is 0 Å². The summed E-state index contributed by atoms with van der Waals surface area (Å²) in [6, 6.07) is 2.49. The molecule has 0 aliphatic heterocycles. The van der Waals surface area contributed by atoms with Gasteiger partial charge in [0.1, 0.15) is 0 Å². The quantitative estimate of drug-likeness (QED) is 0.565. The van der Waals surface area contributed by atoms with Gasteiger partial charge in [0.2, 0.25) is 0 Å². The standard InChI is InChI=1S/C10H17N/c1-5-8-6-10(8,7-11)9(2,3)4/h8H,5-6H2,1-4H3/t8-,10+/m1/s1. The van der Waals surface area contributed by atoms with E-state index in [2.05, 4.69) is 33.8 Å². The zero-order valence-electron chi connectivity index (χ0n) is 7.94. The highest BCUT2D eigenvalue weighted by Crippen LogP contribution is 2.63. The van der Waals surface area contributed by atoms with Crippen molar-refractivity contribution in [3.8, 4) is 6.07 Å². The molecule has 0 radical (unpaired) electrons. The molecule has 0 bridgehead atoms. The smallest absolute Gasteiger partial charge is 0.0698 e. The molecule has 1 heteroatoms. The molecule has 1 aliphatic rings. The largest absolute Gasteiger partial charge is 0.198 e. The fourth-order valence-electron chi connectivity index (χ4n) is 2.05. The molecule has 0 amide bonds. The highest BCUT2D eigenvalue weighted by Gasteiger charge is 2.60. The van der Waals surface area contributed by atoms with Crippen molar-refractivity contribution in [1.82, 2.24) is 0 Å². The van der Waals surface area contributed by atoms with E-state index in [-0.39, 0.29) is 10.8 Å². The summed E-state index contributed by atoms with van der Waals surface area (Å²) in [5.41, 5.74) is 0.171. The van der Waals surface area contributed by atoms with Gasteiger partial charge >= 0.3 is 0 Å². The Labute approximate surface area is 69.4 Å². The molecule has 2 atom stereocenters. The van der Waals surface area contributed by atoms with Crippen molar-refractivity contribution in [2.24, 2.45) is 16.7 Å². The van der Waals surface area contributed by atoms with Crippen LogP contribution in [0.15, 0.2) is 0 Å². The average Bonchev–Trinajstić information content (AvgIpc) is 2.60. The predicted octanol–water partition coefficient (Wildman–Crippen LogP) is 2.97. The van der Waals surface area contributed by atoms with Crippen LogP contribution in [0.25, 0.3) is 0 Å². The first-order chi connectivity index (χ1) is 4.98. The van der Waals surface area contributed by atoms with Crippen LogP contribution in [0, 0.1) is 28.1 Å². The molecule has 0 aromatic heterocycles. The number of nitrogens with zero attached hydrogens (tertiary/aromatic N) is 1. The van der Waals surface area contributed by atoms with E-state index in [1.165, 1.54) is 0 Å². The molecule has 0 aromatic carbocycles. The molecule has 1 aliphatic carbocycles. The Bertz CT molecular complexity index is 194. The van der Waals surface area contributed by atoms with Crippen molar-refractivity contribution in [3.05, 3.63) is 0 Å². The average molecular weight is 151 g/mol. The van der Waals surface area contributed by atoms with Crippen LogP contribution in [0.5, 0.6) is 0 Å². The summed E-state index contributed by atoms with van der Waals surface area (Å²) in [4.78, 5) is 0. The molecule has 0 spiro atoms. The van der Waals surface area contributed by atoms with Crippen molar-refractivity contribution < 1.29 is 0 Å². The summed E-state index contributed by atoms with van der Waals surface area (Å²) in [5, 5.41) is 9.04. The summed E-state index contributed by atoms with van der Waals surface area (Å²) in [6.45, 7) is 8.69. The van der Waals surface area contributed by atoms with Gasteiger partial charge in [0.05, 0.1) is 11.5 Å². The summed E-state index contributed by atoms with van der Waals surface area (Å²) >= 11 is 0. The van der Waals surface area contributed by atoms with E-state index in [0.29, 0.717) is 5.92 Å². The van der Waals surface area contributed by atoms with E-state index in [1.807, 2.05) is 0 Å². The van der Waals surface area contributed by atoms with Crippen molar-refractivity contribution in [1.29, 1.82) is 5.26 Å². The Morgan fingerprint density at radius 2 is 2.09 bits per heavy atom. The zero-order valence-corrected chi connectivity index (χ0v) is 7.94. The van der Waals surface area contributed by atoms with Crippen LogP contribution in [-0.2, 0) is 0 Å². The maximum absolute atomic E-state index is 9.04. The van der Waals surface area contributed by atoms with Gasteiger partial charge in [-0.3, -0.25) is 0 Å². The van der Waals surface area contributed by atoms with E-state index in [0.717, 1.165) is 12.8 Å². The molecule has 0 aromatic rings. The number of rotatable bonds is 1. The van der Waals surface area contributed by atoms with Crippen molar-refractivity contribution in [2.45, 2.75) is 40.5 Å². The molecule has 0 saturated heterocycles. The topological polar surface area (TPSA) is 23.8 Å². The highest BCUT2D eigenvalue weighted by atomic mass is 14.6. The third-order valence-corrected chi connectivity index (χ3v) is 3.14. The maximum Gasteiger partial charge on any atom is 0.0698 e. The fraction of sp³-hybridized carbons (Fsp3) is 0.900. The van der Waals surface area contributed by atoms with E-state index < -0.39 is 0 Å². The molecule has 11 heavy (non-hydrogen) atoms. The summed E-state index contributed by atoms with van der Waals surface area (Å²) in [6.07, 6.45) is 2.27. The number of nitriles is 1. The Kier molecular flexibility index (Phi) is 1.75. The van der Waals surface area contributed by atoms with Crippen LogP contribution in [0.2, 0.25) is 0 Å². The second-order valence-electron chi connectivity index (χ2n) is 4.64. The number of hydrogen-bond acceptors (Lipinski definition) is 1. The molecule has 1 saturated carbocycles. The minimum absolute atomic E-state index is 0.00174. The Hall–Kier alpha value is -0.510. The Morgan fingerprint density at radius 3 is 2.18 bits per heavy atom. The van der Waals surface area contributed by atoms with Crippen LogP contribution >= 0.6 is 0 Å². The van der Waals surface area contributed by atoms with Crippen molar-refractivity contribution in [3.63, 3.8) is 0 Å². The summed E-state index contributed by atoms with van der Waals surface area (Å²) in [5.74, 6) is 0.660. The summed E-state index contributed by atoms with van der Waals surface area (Å²) in [7, 11) is 0. The molecule has 62 valence electrons. The van der Waals surface area contributed by atoms with E-state index >= 15 is 0 Å². The monoisotopic (exact) mass is 151 g/mol. The lowest BCUT2D eigenvalue weighted by Crippen LogP contribution is -2.22. The van der Waals surface area contributed by atoms with Gasteiger partial charge in [-0.05, 0) is 17.8 Å². The van der Waals surface area contributed by atoms with Gasteiger partial charge in [0.25, 0.3) is 0 Å². The molecule has 1 fully saturated rings. The van der Waals surface area contributed by atoms with E-state index in [1.54, 1.807) is 0 Å². The lowest BCUT2D eigenvalue weighted by molar-refractivity contribution is 0.254. The van der Waals surface area contributed by atoms with Gasteiger partial charge in [-0.15, -0.1) is 0 Å². The van der Waals surface area contributed by atoms with Crippen LogP contribution in [0.4, 0.5) is 0 Å². The lowest BCUT2D eigenvalue weighted by atomic mass is 9.76. The molecule has 0 unspecified atom stereocenters. The lowest BCUT2D eigenvalue weighted by Gasteiger charge is -2.25. The Morgan fingerprint density at radius 1 is 1.55 bits per heavy atom. The molecule has 1 rings (SSSR count). The number of hydrogen-bond donors (Lipinski definition) is 0. The third-order valence-electron chi connectivity index (χ3n) is 3.14. The van der Waals surface area contributed by atoms with Crippen molar-refractivity contribution >= 4 is 0 Å². The van der Waals surface area contributed by atoms with Crippen LogP contribution in [0.1, 0.15) is 40.5 Å². The van der Waals surface area contributed by atoms with Crippen LogP contribution in [-0.4, -0.2) is 0 Å². The van der Waals surface area contributed by atoms with Gasteiger partial charge in [-0.1, -0.05) is 34.1 Å². The highest BCUT2D eigenvalue weighted by molar-refractivity contribution is 5.20. The minimum atomic E-state index is 0.00174. The fourth-order valence-corrected chi connectivity index (χ4v) is 2.05. The van der Waals surface area contributed by atoms with Gasteiger partial charge < -0.3 is 0 Å². The second-order valence-corrected chi connectivity index (χ2v) is 4.64. The minimum Gasteiger partial charge on any atom is -0.198 e. The zero-order chi connectivity index (χ0) is 8.70. The molecule has 0 N–H and O–H groups in total. The summed E-state index contributed by atoms with van der Waals surface area (Å²) < 4.78 is 0. The molecule has 0 heterocycles.